The molecule has 7 nitrogen and oxygen atoms in total. The fraction of sp³-hybridized carbons (Fsp3) is 0.438. The summed E-state index contributed by atoms with van der Waals surface area (Å²) in [6.45, 7) is 5.47. The van der Waals surface area contributed by atoms with Gasteiger partial charge in [0.05, 0.1) is 24.2 Å². The van der Waals surface area contributed by atoms with Crippen molar-refractivity contribution in [2.75, 3.05) is 18.4 Å². The number of halogens is 3. The summed E-state index contributed by atoms with van der Waals surface area (Å²) in [4.78, 5) is 28.4. The molecule has 1 aromatic rings. The van der Waals surface area contributed by atoms with Gasteiger partial charge in [0.15, 0.2) is 0 Å². The van der Waals surface area contributed by atoms with Crippen molar-refractivity contribution in [1.29, 1.82) is 0 Å². The summed E-state index contributed by atoms with van der Waals surface area (Å²) in [5.74, 6) is -1.51. The maximum absolute atomic E-state index is 13.0. The number of hydrogen-bond acceptors (Lipinski definition) is 5. The molecule has 0 unspecified atom stereocenters. The number of anilines is 1. The van der Waals surface area contributed by atoms with E-state index in [9.17, 15) is 22.8 Å². The number of alkyl halides is 3. The monoisotopic (exact) mass is 373 g/mol. The molecule has 0 saturated carbocycles. The predicted molar refractivity (Wildman–Crippen MR) is 87.3 cm³/mol. The molecule has 0 fully saturated rings. The number of carboxylic acid groups (broad SMARTS) is 1. The predicted octanol–water partition coefficient (Wildman–Crippen LogP) is 3.42. The Labute approximate surface area is 147 Å². The van der Waals surface area contributed by atoms with Crippen LogP contribution in [-0.2, 0) is 10.9 Å². The summed E-state index contributed by atoms with van der Waals surface area (Å²) in [7, 11) is 0. The number of benzene rings is 1. The molecule has 1 aliphatic heterocycles. The van der Waals surface area contributed by atoms with Gasteiger partial charge in [0.2, 0.25) is 5.96 Å². The summed E-state index contributed by atoms with van der Waals surface area (Å²) in [6, 6.07) is 2.32. The Bertz CT molecular complexity index is 754. The number of aromatic carboxylic acids is 1. The highest BCUT2D eigenvalue weighted by Gasteiger charge is 2.33. The van der Waals surface area contributed by atoms with E-state index in [0.717, 1.165) is 17.0 Å². The molecule has 2 rings (SSSR count). The first-order valence-electron chi connectivity index (χ1n) is 7.64. The Kier molecular flexibility index (Phi) is 5.15. The number of ether oxygens (including phenoxy) is 1. The number of nitrogens with one attached hydrogen (secondary N) is 1. The minimum absolute atomic E-state index is 0.00471. The lowest BCUT2D eigenvalue weighted by Gasteiger charge is -2.25. The van der Waals surface area contributed by atoms with Crippen LogP contribution in [0.25, 0.3) is 0 Å². The second-order valence-corrected chi connectivity index (χ2v) is 6.56. The van der Waals surface area contributed by atoms with E-state index in [0.29, 0.717) is 6.07 Å². The van der Waals surface area contributed by atoms with Crippen LogP contribution >= 0.6 is 0 Å². The van der Waals surface area contributed by atoms with Gasteiger partial charge in [-0.15, -0.1) is 0 Å². The third-order valence-electron chi connectivity index (χ3n) is 3.22. The van der Waals surface area contributed by atoms with E-state index in [4.69, 9.17) is 9.84 Å². The summed E-state index contributed by atoms with van der Waals surface area (Å²) >= 11 is 0. The Balaban J connectivity index is 2.28. The Morgan fingerprint density at radius 1 is 1.23 bits per heavy atom. The molecule has 0 aromatic heterocycles. The molecule has 0 spiro atoms. The van der Waals surface area contributed by atoms with Gasteiger partial charge in [-0.1, -0.05) is 0 Å². The number of carboxylic acids is 1. The molecule has 0 saturated heterocycles. The molecule has 10 heteroatoms. The van der Waals surface area contributed by atoms with Gasteiger partial charge in [-0.25, -0.2) is 14.5 Å². The topological polar surface area (TPSA) is 91.2 Å². The van der Waals surface area contributed by atoms with Gasteiger partial charge in [-0.05, 0) is 39.0 Å². The molecule has 1 aromatic carbocycles. The van der Waals surface area contributed by atoms with Crippen molar-refractivity contribution in [3.8, 4) is 0 Å². The van der Waals surface area contributed by atoms with Crippen molar-refractivity contribution >= 4 is 23.7 Å². The molecular weight excluding hydrogens is 355 g/mol. The van der Waals surface area contributed by atoms with E-state index in [1.165, 1.54) is 0 Å². The Morgan fingerprint density at radius 2 is 1.88 bits per heavy atom. The average molecular weight is 373 g/mol. The van der Waals surface area contributed by atoms with Crippen molar-refractivity contribution < 1.29 is 32.6 Å². The van der Waals surface area contributed by atoms with Crippen LogP contribution in [0.15, 0.2) is 23.2 Å². The summed E-state index contributed by atoms with van der Waals surface area (Å²) in [5.41, 5.74) is -2.56. The number of carbonyl (C=O) groups is 2. The first kappa shape index (κ1) is 19.5. The SMILES string of the molecule is CC(C)(C)OC(=O)N1CCN=C1Nc1cc(C(=O)O)cc(C(F)(F)F)c1. The smallest absolute Gasteiger partial charge is 0.417 e. The summed E-state index contributed by atoms with van der Waals surface area (Å²) in [5, 5.41) is 11.6. The van der Waals surface area contributed by atoms with Gasteiger partial charge in [0.1, 0.15) is 5.60 Å². The molecule has 142 valence electrons. The van der Waals surface area contributed by atoms with E-state index < -0.39 is 35.0 Å². The Morgan fingerprint density at radius 3 is 2.42 bits per heavy atom. The highest BCUT2D eigenvalue weighted by atomic mass is 19.4. The fourth-order valence-corrected chi connectivity index (χ4v) is 2.16. The van der Waals surface area contributed by atoms with E-state index in [2.05, 4.69) is 10.3 Å². The molecule has 0 atom stereocenters. The van der Waals surface area contributed by atoms with Crippen LogP contribution in [-0.4, -0.2) is 46.7 Å². The summed E-state index contributed by atoms with van der Waals surface area (Å²) in [6.07, 6.45) is -5.42. The largest absolute Gasteiger partial charge is 0.478 e. The number of nitrogens with zero attached hydrogens (tertiary/aromatic N) is 2. The molecule has 0 bridgehead atoms. The molecule has 1 aliphatic rings. The number of hydrogen-bond donors (Lipinski definition) is 2. The van der Waals surface area contributed by atoms with Crippen molar-refractivity contribution in [2.45, 2.75) is 32.5 Å². The zero-order chi connectivity index (χ0) is 19.7. The Hall–Kier alpha value is -2.78. The van der Waals surface area contributed by atoms with Crippen LogP contribution in [0, 0.1) is 0 Å². The maximum atomic E-state index is 13.0. The zero-order valence-corrected chi connectivity index (χ0v) is 14.3. The van der Waals surface area contributed by atoms with Crippen molar-refractivity contribution in [2.24, 2.45) is 4.99 Å². The standard InChI is InChI=1S/C16H18F3N3O4/c1-15(2,3)26-14(25)22-5-4-20-13(22)21-11-7-9(12(23)24)6-10(8-11)16(17,18)19/h6-8H,4-5H2,1-3H3,(H,20,21)(H,23,24). The molecule has 1 amide bonds. The molecular formula is C16H18F3N3O4. The van der Waals surface area contributed by atoms with Crippen LogP contribution < -0.4 is 5.32 Å². The second-order valence-electron chi connectivity index (χ2n) is 6.56. The van der Waals surface area contributed by atoms with Crippen molar-refractivity contribution in [3.05, 3.63) is 29.3 Å². The normalized spacial score (nSPS) is 14.8. The molecule has 0 aliphatic carbocycles. The van der Waals surface area contributed by atoms with Crippen LogP contribution in [0.2, 0.25) is 0 Å². The van der Waals surface area contributed by atoms with Crippen LogP contribution in [0.1, 0.15) is 36.7 Å². The first-order chi connectivity index (χ1) is 11.9. The molecule has 0 radical (unpaired) electrons. The zero-order valence-electron chi connectivity index (χ0n) is 14.3. The van der Waals surface area contributed by atoms with E-state index in [1.807, 2.05) is 0 Å². The van der Waals surface area contributed by atoms with Crippen molar-refractivity contribution in [3.63, 3.8) is 0 Å². The second kappa shape index (κ2) is 6.85. The van der Waals surface area contributed by atoms with Gasteiger partial charge in [-0.2, -0.15) is 13.2 Å². The first-order valence-corrected chi connectivity index (χ1v) is 7.64. The highest BCUT2D eigenvalue weighted by molar-refractivity contribution is 6.04. The molecule has 26 heavy (non-hydrogen) atoms. The van der Waals surface area contributed by atoms with E-state index in [-0.39, 0.29) is 24.7 Å². The van der Waals surface area contributed by atoms with Crippen molar-refractivity contribution in [1.82, 2.24) is 4.90 Å². The minimum Gasteiger partial charge on any atom is -0.478 e. The lowest BCUT2D eigenvalue weighted by atomic mass is 10.1. The van der Waals surface area contributed by atoms with Gasteiger partial charge in [-0.3, -0.25) is 4.99 Å². The number of rotatable bonds is 2. The van der Waals surface area contributed by atoms with Gasteiger partial charge < -0.3 is 15.2 Å². The minimum atomic E-state index is -4.72. The maximum Gasteiger partial charge on any atom is 0.417 e. The quantitative estimate of drug-likeness (QED) is 0.829. The van der Waals surface area contributed by atoms with Crippen LogP contribution in [0.4, 0.5) is 23.7 Å². The number of guanidine groups is 1. The fourth-order valence-electron chi connectivity index (χ4n) is 2.16. The van der Waals surface area contributed by atoms with Gasteiger partial charge in [0.25, 0.3) is 0 Å². The van der Waals surface area contributed by atoms with Crippen LogP contribution in [0.3, 0.4) is 0 Å². The van der Waals surface area contributed by atoms with E-state index >= 15 is 0 Å². The third kappa shape index (κ3) is 4.87. The number of aliphatic imine (C=N–C) groups is 1. The number of amides is 1. The van der Waals surface area contributed by atoms with Gasteiger partial charge in [0, 0.05) is 5.69 Å². The lowest BCUT2D eigenvalue weighted by molar-refractivity contribution is -0.137. The van der Waals surface area contributed by atoms with Crippen LogP contribution in [0.5, 0.6) is 0 Å². The number of carbonyl (C=O) groups excluding carboxylic acids is 1. The molecule has 1 heterocycles. The third-order valence-corrected chi connectivity index (χ3v) is 3.22. The average Bonchev–Trinajstić information content (AvgIpc) is 2.92. The van der Waals surface area contributed by atoms with E-state index in [1.54, 1.807) is 20.8 Å². The highest BCUT2D eigenvalue weighted by Crippen LogP contribution is 2.32. The van der Waals surface area contributed by atoms with Gasteiger partial charge >= 0.3 is 18.2 Å². The molecule has 2 N–H and O–H groups in total. The summed E-state index contributed by atoms with van der Waals surface area (Å²) < 4.78 is 44.2. The lowest BCUT2D eigenvalue weighted by Crippen LogP contribution is -2.41.